The molecule has 2 heterocycles. The molecule has 2 rings (SSSR count). The third-order valence-corrected chi connectivity index (χ3v) is 3.17. The number of nitrogens with one attached hydrogen (secondary N) is 2. The minimum atomic E-state index is 0.391. The smallest absolute Gasteiger partial charge is 0.153 e. The Bertz CT molecular complexity index is 389. The molecule has 1 aromatic rings. The van der Waals surface area contributed by atoms with Gasteiger partial charge >= 0.3 is 0 Å². The summed E-state index contributed by atoms with van der Waals surface area (Å²) in [4.78, 5) is 14.8. The molecular weight excluding hydrogens is 238 g/mol. The molecule has 4 nitrogen and oxygen atoms in total. The molecule has 17 heavy (non-hydrogen) atoms. The fraction of sp³-hybridized carbons (Fsp3) is 0.500. The SMILES string of the molecule is O=Cc1cnc(Cl)cc1N[C@H]1CCCNCC1. The second-order valence-corrected chi connectivity index (χ2v) is 4.62. The number of nitrogens with zero attached hydrogens (tertiary/aromatic N) is 1. The van der Waals surface area contributed by atoms with E-state index < -0.39 is 0 Å². The molecule has 0 spiro atoms. The van der Waals surface area contributed by atoms with Crippen LogP contribution in [0, 0.1) is 0 Å². The predicted molar refractivity (Wildman–Crippen MR) is 68.8 cm³/mol. The summed E-state index contributed by atoms with van der Waals surface area (Å²) in [5.41, 5.74) is 1.35. The van der Waals surface area contributed by atoms with Gasteiger partial charge in [0.05, 0.1) is 5.56 Å². The second-order valence-electron chi connectivity index (χ2n) is 4.23. The first-order valence-corrected chi connectivity index (χ1v) is 6.25. The van der Waals surface area contributed by atoms with Crippen LogP contribution < -0.4 is 10.6 Å². The third kappa shape index (κ3) is 3.41. The van der Waals surface area contributed by atoms with Crippen molar-refractivity contribution < 1.29 is 4.79 Å². The lowest BCUT2D eigenvalue weighted by Gasteiger charge is -2.18. The molecule has 0 aliphatic carbocycles. The van der Waals surface area contributed by atoms with Crippen LogP contribution >= 0.6 is 11.6 Å². The van der Waals surface area contributed by atoms with E-state index in [0.29, 0.717) is 16.8 Å². The molecule has 92 valence electrons. The third-order valence-electron chi connectivity index (χ3n) is 2.96. The predicted octanol–water partition coefficient (Wildman–Crippen LogP) is 2.10. The number of halogens is 1. The van der Waals surface area contributed by atoms with Gasteiger partial charge in [0.15, 0.2) is 6.29 Å². The molecule has 0 unspecified atom stereocenters. The summed E-state index contributed by atoms with van der Waals surface area (Å²) in [6, 6.07) is 2.10. The summed E-state index contributed by atoms with van der Waals surface area (Å²) in [5.74, 6) is 0. The fourth-order valence-corrected chi connectivity index (χ4v) is 2.20. The Morgan fingerprint density at radius 1 is 1.47 bits per heavy atom. The first-order chi connectivity index (χ1) is 8.29. The van der Waals surface area contributed by atoms with Crippen molar-refractivity contribution in [3.8, 4) is 0 Å². The van der Waals surface area contributed by atoms with Crippen molar-refractivity contribution in [1.29, 1.82) is 0 Å². The monoisotopic (exact) mass is 253 g/mol. The number of carbonyl (C=O) groups excluding carboxylic acids is 1. The van der Waals surface area contributed by atoms with Crippen molar-refractivity contribution in [2.45, 2.75) is 25.3 Å². The maximum absolute atomic E-state index is 10.9. The first kappa shape index (κ1) is 12.3. The van der Waals surface area contributed by atoms with Crippen molar-refractivity contribution in [3.05, 3.63) is 23.0 Å². The number of hydrogen-bond donors (Lipinski definition) is 2. The summed E-state index contributed by atoms with van der Waals surface area (Å²) in [5, 5.41) is 7.15. The van der Waals surface area contributed by atoms with Crippen molar-refractivity contribution >= 4 is 23.6 Å². The summed E-state index contributed by atoms with van der Waals surface area (Å²) in [7, 11) is 0. The fourth-order valence-electron chi connectivity index (χ4n) is 2.04. The van der Waals surface area contributed by atoms with Crippen molar-refractivity contribution in [2.75, 3.05) is 18.4 Å². The average molecular weight is 254 g/mol. The summed E-state index contributed by atoms with van der Waals surface area (Å²) >= 11 is 5.84. The van der Waals surface area contributed by atoms with Crippen LogP contribution in [-0.2, 0) is 0 Å². The van der Waals surface area contributed by atoms with Gasteiger partial charge in [-0.25, -0.2) is 4.98 Å². The Morgan fingerprint density at radius 3 is 3.18 bits per heavy atom. The molecule has 0 radical (unpaired) electrons. The van der Waals surface area contributed by atoms with Gasteiger partial charge in [-0.15, -0.1) is 0 Å². The zero-order chi connectivity index (χ0) is 12.1. The van der Waals surface area contributed by atoms with Crippen molar-refractivity contribution in [3.63, 3.8) is 0 Å². The molecule has 0 bridgehead atoms. The van der Waals surface area contributed by atoms with Gasteiger partial charge in [0, 0.05) is 17.9 Å². The highest BCUT2D eigenvalue weighted by Crippen LogP contribution is 2.20. The Kier molecular flexibility index (Phi) is 4.34. The van der Waals surface area contributed by atoms with E-state index in [9.17, 15) is 4.79 Å². The normalized spacial score (nSPS) is 20.6. The first-order valence-electron chi connectivity index (χ1n) is 5.87. The molecule has 5 heteroatoms. The van der Waals surface area contributed by atoms with E-state index in [1.165, 1.54) is 6.20 Å². The number of carbonyl (C=O) groups is 1. The molecule has 2 N–H and O–H groups in total. The van der Waals surface area contributed by atoms with Crippen LogP contribution in [-0.4, -0.2) is 30.4 Å². The van der Waals surface area contributed by atoms with E-state index >= 15 is 0 Å². The zero-order valence-corrected chi connectivity index (χ0v) is 10.3. The Balaban J connectivity index is 2.10. The van der Waals surface area contributed by atoms with E-state index in [2.05, 4.69) is 15.6 Å². The molecule has 1 aliphatic rings. The summed E-state index contributed by atoms with van der Waals surface area (Å²) < 4.78 is 0. The van der Waals surface area contributed by atoms with Crippen LogP contribution in [0.25, 0.3) is 0 Å². The number of aromatic nitrogens is 1. The average Bonchev–Trinajstić information content (AvgIpc) is 2.58. The lowest BCUT2D eigenvalue weighted by molar-refractivity contribution is 0.112. The van der Waals surface area contributed by atoms with Crippen LogP contribution in [0.1, 0.15) is 29.6 Å². The number of hydrogen-bond acceptors (Lipinski definition) is 4. The molecule has 1 aliphatic heterocycles. The Hall–Kier alpha value is -1.13. The zero-order valence-electron chi connectivity index (χ0n) is 9.58. The van der Waals surface area contributed by atoms with Crippen molar-refractivity contribution in [1.82, 2.24) is 10.3 Å². The van der Waals surface area contributed by atoms with E-state index in [0.717, 1.165) is 44.3 Å². The highest BCUT2D eigenvalue weighted by molar-refractivity contribution is 6.29. The minimum absolute atomic E-state index is 0.391. The molecule has 1 fully saturated rings. The molecule has 0 saturated carbocycles. The molecule has 1 aromatic heterocycles. The number of rotatable bonds is 3. The van der Waals surface area contributed by atoms with Crippen LogP contribution in [0.3, 0.4) is 0 Å². The maximum atomic E-state index is 10.9. The van der Waals surface area contributed by atoms with E-state index in [1.54, 1.807) is 6.07 Å². The quantitative estimate of drug-likeness (QED) is 0.640. The second kappa shape index (κ2) is 5.98. The van der Waals surface area contributed by atoms with Crippen LogP contribution in [0.4, 0.5) is 5.69 Å². The Morgan fingerprint density at radius 2 is 2.35 bits per heavy atom. The maximum Gasteiger partial charge on any atom is 0.153 e. The van der Waals surface area contributed by atoms with Gasteiger partial charge in [0.1, 0.15) is 5.15 Å². The molecule has 1 atom stereocenters. The van der Waals surface area contributed by atoms with Gasteiger partial charge in [-0.1, -0.05) is 11.6 Å². The highest BCUT2D eigenvalue weighted by atomic mass is 35.5. The topological polar surface area (TPSA) is 54.0 Å². The van der Waals surface area contributed by atoms with E-state index in [-0.39, 0.29) is 0 Å². The van der Waals surface area contributed by atoms with Gasteiger partial charge in [-0.2, -0.15) is 0 Å². The van der Waals surface area contributed by atoms with Gasteiger partial charge in [-0.3, -0.25) is 4.79 Å². The number of aldehydes is 1. The van der Waals surface area contributed by atoms with Gasteiger partial charge in [0.25, 0.3) is 0 Å². The van der Waals surface area contributed by atoms with Gasteiger partial charge in [0.2, 0.25) is 0 Å². The minimum Gasteiger partial charge on any atom is -0.382 e. The van der Waals surface area contributed by atoms with Crippen LogP contribution in [0.5, 0.6) is 0 Å². The molecule has 0 amide bonds. The molecular formula is C12H16ClN3O. The Labute approximate surface area is 106 Å². The number of pyridine rings is 1. The standard InChI is InChI=1S/C12H16ClN3O/c13-12-6-11(9(8-17)7-15-12)16-10-2-1-4-14-5-3-10/h6-8,10,14H,1-5H2,(H,15,16)/t10-/m0/s1. The van der Waals surface area contributed by atoms with Crippen LogP contribution in [0.2, 0.25) is 5.15 Å². The lowest BCUT2D eigenvalue weighted by Crippen LogP contribution is -2.22. The summed E-state index contributed by atoms with van der Waals surface area (Å²) in [6.07, 6.45) is 5.61. The van der Waals surface area contributed by atoms with Gasteiger partial charge in [-0.05, 0) is 38.4 Å². The van der Waals surface area contributed by atoms with E-state index in [4.69, 9.17) is 11.6 Å². The number of anilines is 1. The van der Waals surface area contributed by atoms with Crippen LogP contribution in [0.15, 0.2) is 12.3 Å². The van der Waals surface area contributed by atoms with Gasteiger partial charge < -0.3 is 10.6 Å². The highest BCUT2D eigenvalue weighted by Gasteiger charge is 2.13. The largest absolute Gasteiger partial charge is 0.382 e. The van der Waals surface area contributed by atoms with Crippen molar-refractivity contribution in [2.24, 2.45) is 0 Å². The van der Waals surface area contributed by atoms with E-state index in [1.807, 2.05) is 0 Å². The summed E-state index contributed by atoms with van der Waals surface area (Å²) in [6.45, 7) is 2.07. The molecule has 1 saturated heterocycles. The lowest BCUT2D eigenvalue weighted by atomic mass is 10.1. The molecule has 0 aromatic carbocycles.